The first-order valence-electron chi connectivity index (χ1n) is 8.00. The van der Waals surface area contributed by atoms with Crippen molar-refractivity contribution in [2.24, 2.45) is 0 Å². The molecule has 6 heteroatoms. The quantitative estimate of drug-likeness (QED) is 0.935. The van der Waals surface area contributed by atoms with Crippen molar-refractivity contribution in [3.63, 3.8) is 0 Å². The lowest BCUT2D eigenvalue weighted by Crippen LogP contribution is -2.53. The number of amides is 3. The Morgan fingerprint density at radius 2 is 1.67 bits per heavy atom. The molecular weight excluding hydrogens is 304 g/mol. The van der Waals surface area contributed by atoms with Gasteiger partial charge in [0.25, 0.3) is 5.91 Å². The van der Waals surface area contributed by atoms with E-state index < -0.39 is 0 Å². The molecule has 1 aliphatic heterocycles. The molecule has 0 spiro atoms. The van der Waals surface area contributed by atoms with Crippen molar-refractivity contribution < 1.29 is 9.59 Å². The van der Waals surface area contributed by atoms with Gasteiger partial charge in [-0.05, 0) is 17.7 Å². The molecule has 3 rings (SSSR count). The molecule has 0 radical (unpaired) electrons. The highest BCUT2D eigenvalue weighted by Crippen LogP contribution is 2.08. The number of piperazine rings is 1. The van der Waals surface area contributed by atoms with Crippen molar-refractivity contribution in [2.75, 3.05) is 26.2 Å². The molecule has 2 aromatic rings. The zero-order chi connectivity index (χ0) is 16.8. The normalized spacial score (nSPS) is 14.3. The minimum Gasteiger partial charge on any atom is -0.335 e. The number of carbonyl (C=O) groups is 2. The SMILES string of the molecule is O=C(NCc1ccccc1)N1CCN(C(=O)c2cccnc2)CC1. The van der Waals surface area contributed by atoms with Gasteiger partial charge in [-0.2, -0.15) is 0 Å². The minimum atomic E-state index is -0.0904. The summed E-state index contributed by atoms with van der Waals surface area (Å²) in [6.45, 7) is 2.65. The summed E-state index contributed by atoms with van der Waals surface area (Å²) in [5, 5.41) is 2.92. The largest absolute Gasteiger partial charge is 0.335 e. The summed E-state index contributed by atoms with van der Waals surface area (Å²) in [5.74, 6) is -0.0348. The number of pyridine rings is 1. The molecule has 1 aromatic carbocycles. The van der Waals surface area contributed by atoms with Crippen LogP contribution in [0, 0.1) is 0 Å². The van der Waals surface area contributed by atoms with Crippen LogP contribution in [-0.4, -0.2) is 52.9 Å². The fourth-order valence-electron chi connectivity index (χ4n) is 2.67. The number of rotatable bonds is 3. The molecule has 3 amide bonds. The van der Waals surface area contributed by atoms with E-state index in [1.54, 1.807) is 34.3 Å². The standard InChI is InChI=1S/C18H20N4O2/c23-17(16-7-4-8-19-14-16)21-9-11-22(12-10-21)18(24)20-13-15-5-2-1-3-6-15/h1-8,14H,9-13H2,(H,20,24). The lowest BCUT2D eigenvalue weighted by Gasteiger charge is -2.34. The van der Waals surface area contributed by atoms with Crippen LogP contribution in [0.3, 0.4) is 0 Å². The zero-order valence-corrected chi connectivity index (χ0v) is 13.4. The van der Waals surface area contributed by atoms with Crippen LogP contribution in [0.5, 0.6) is 0 Å². The van der Waals surface area contributed by atoms with Gasteiger partial charge in [0.15, 0.2) is 0 Å². The van der Waals surface area contributed by atoms with E-state index >= 15 is 0 Å². The topological polar surface area (TPSA) is 65.5 Å². The summed E-state index contributed by atoms with van der Waals surface area (Å²) < 4.78 is 0. The van der Waals surface area contributed by atoms with Gasteiger partial charge in [-0.3, -0.25) is 9.78 Å². The monoisotopic (exact) mass is 324 g/mol. The van der Waals surface area contributed by atoms with Crippen LogP contribution in [0.2, 0.25) is 0 Å². The van der Waals surface area contributed by atoms with E-state index in [1.807, 2.05) is 30.3 Å². The predicted octanol–water partition coefficient (Wildman–Crippen LogP) is 1.75. The van der Waals surface area contributed by atoms with Gasteiger partial charge in [0, 0.05) is 45.1 Å². The van der Waals surface area contributed by atoms with Gasteiger partial charge >= 0.3 is 6.03 Å². The molecule has 0 atom stereocenters. The van der Waals surface area contributed by atoms with E-state index in [0.29, 0.717) is 38.3 Å². The van der Waals surface area contributed by atoms with Crippen LogP contribution >= 0.6 is 0 Å². The van der Waals surface area contributed by atoms with Gasteiger partial charge in [-0.25, -0.2) is 4.79 Å². The molecule has 1 fully saturated rings. The first-order chi connectivity index (χ1) is 11.7. The van der Waals surface area contributed by atoms with Crippen LogP contribution in [0.1, 0.15) is 15.9 Å². The molecule has 124 valence electrons. The van der Waals surface area contributed by atoms with Crippen LogP contribution < -0.4 is 5.32 Å². The highest BCUT2D eigenvalue weighted by atomic mass is 16.2. The van der Waals surface area contributed by atoms with Crippen LogP contribution in [-0.2, 0) is 6.54 Å². The molecule has 0 saturated carbocycles. The van der Waals surface area contributed by atoms with E-state index in [2.05, 4.69) is 10.3 Å². The summed E-state index contributed by atoms with van der Waals surface area (Å²) >= 11 is 0. The lowest BCUT2D eigenvalue weighted by atomic mass is 10.2. The van der Waals surface area contributed by atoms with Crippen molar-refractivity contribution in [3.8, 4) is 0 Å². The highest BCUT2D eigenvalue weighted by Gasteiger charge is 2.24. The number of benzene rings is 1. The van der Waals surface area contributed by atoms with Gasteiger partial charge in [-0.1, -0.05) is 30.3 Å². The Morgan fingerprint density at radius 1 is 0.958 bits per heavy atom. The van der Waals surface area contributed by atoms with Crippen molar-refractivity contribution in [1.82, 2.24) is 20.1 Å². The first kappa shape index (κ1) is 16.0. The summed E-state index contributed by atoms with van der Waals surface area (Å²) in [7, 11) is 0. The van der Waals surface area contributed by atoms with Gasteiger partial charge < -0.3 is 15.1 Å². The number of nitrogens with one attached hydrogen (secondary N) is 1. The van der Waals surface area contributed by atoms with Crippen molar-refractivity contribution >= 4 is 11.9 Å². The molecule has 1 aliphatic rings. The maximum absolute atomic E-state index is 12.4. The van der Waals surface area contributed by atoms with E-state index in [9.17, 15) is 9.59 Å². The lowest BCUT2D eigenvalue weighted by molar-refractivity contribution is 0.0664. The van der Waals surface area contributed by atoms with Gasteiger partial charge in [-0.15, -0.1) is 0 Å². The smallest absolute Gasteiger partial charge is 0.317 e. The maximum Gasteiger partial charge on any atom is 0.317 e. The van der Waals surface area contributed by atoms with Gasteiger partial charge in [0.2, 0.25) is 0 Å². The molecule has 0 bridgehead atoms. The molecule has 1 N–H and O–H groups in total. The Morgan fingerprint density at radius 3 is 2.33 bits per heavy atom. The van der Waals surface area contributed by atoms with Crippen LogP contribution in [0.15, 0.2) is 54.9 Å². The molecule has 24 heavy (non-hydrogen) atoms. The second-order valence-electron chi connectivity index (χ2n) is 5.67. The van der Waals surface area contributed by atoms with Crippen molar-refractivity contribution in [1.29, 1.82) is 0 Å². The van der Waals surface area contributed by atoms with Gasteiger partial charge in [0.05, 0.1) is 5.56 Å². The second kappa shape index (κ2) is 7.59. The van der Waals surface area contributed by atoms with E-state index in [-0.39, 0.29) is 11.9 Å². The Bertz CT molecular complexity index is 683. The number of urea groups is 1. The Balaban J connectivity index is 1.48. The third-order valence-electron chi connectivity index (χ3n) is 4.05. The van der Waals surface area contributed by atoms with Crippen LogP contribution in [0.25, 0.3) is 0 Å². The zero-order valence-electron chi connectivity index (χ0n) is 13.4. The Hall–Kier alpha value is -2.89. The molecule has 6 nitrogen and oxygen atoms in total. The number of nitrogens with zero attached hydrogens (tertiary/aromatic N) is 3. The number of hydrogen-bond donors (Lipinski definition) is 1. The summed E-state index contributed by atoms with van der Waals surface area (Å²) in [5.41, 5.74) is 1.65. The van der Waals surface area contributed by atoms with Gasteiger partial charge in [0.1, 0.15) is 0 Å². The van der Waals surface area contributed by atoms with E-state index in [1.165, 1.54) is 0 Å². The first-order valence-corrected chi connectivity index (χ1v) is 8.00. The predicted molar refractivity (Wildman–Crippen MR) is 90.4 cm³/mol. The number of carbonyl (C=O) groups excluding carboxylic acids is 2. The fourth-order valence-corrected chi connectivity index (χ4v) is 2.67. The van der Waals surface area contributed by atoms with Crippen molar-refractivity contribution in [3.05, 3.63) is 66.0 Å². The molecule has 1 saturated heterocycles. The maximum atomic E-state index is 12.4. The average Bonchev–Trinajstić information content (AvgIpc) is 2.67. The fraction of sp³-hybridized carbons (Fsp3) is 0.278. The molecule has 2 heterocycles. The average molecular weight is 324 g/mol. The summed E-state index contributed by atoms with van der Waals surface area (Å²) in [6, 6.07) is 13.2. The summed E-state index contributed by atoms with van der Waals surface area (Å²) in [6.07, 6.45) is 3.22. The Kier molecular flexibility index (Phi) is 5.05. The third-order valence-corrected chi connectivity index (χ3v) is 4.05. The minimum absolute atomic E-state index is 0.0348. The molecule has 1 aromatic heterocycles. The second-order valence-corrected chi connectivity index (χ2v) is 5.67. The third kappa shape index (κ3) is 3.90. The number of aromatic nitrogens is 1. The van der Waals surface area contributed by atoms with Crippen LogP contribution in [0.4, 0.5) is 4.79 Å². The summed E-state index contributed by atoms with van der Waals surface area (Å²) in [4.78, 5) is 32.1. The van der Waals surface area contributed by atoms with E-state index in [0.717, 1.165) is 5.56 Å². The van der Waals surface area contributed by atoms with Crippen molar-refractivity contribution in [2.45, 2.75) is 6.54 Å². The number of hydrogen-bond acceptors (Lipinski definition) is 3. The highest BCUT2D eigenvalue weighted by molar-refractivity contribution is 5.94. The Labute approximate surface area is 141 Å². The van der Waals surface area contributed by atoms with E-state index in [4.69, 9.17) is 0 Å². The molecular formula is C18H20N4O2. The molecule has 0 unspecified atom stereocenters. The molecule has 0 aliphatic carbocycles.